The summed E-state index contributed by atoms with van der Waals surface area (Å²) < 4.78 is 63.0. The number of alkyl halides is 3. The van der Waals surface area contributed by atoms with E-state index in [-0.39, 0.29) is 0 Å². The molecule has 3 aromatic rings. The molecule has 0 saturated carbocycles. The van der Waals surface area contributed by atoms with Crippen LogP contribution in [0.3, 0.4) is 0 Å². The van der Waals surface area contributed by atoms with Crippen LogP contribution < -0.4 is 4.74 Å². The van der Waals surface area contributed by atoms with E-state index in [1.165, 1.54) is 41.2 Å². The summed E-state index contributed by atoms with van der Waals surface area (Å²) in [6.07, 6.45) is 2.07. The standard InChI is InChI=1S/C27H26F4N2O2/c1-3-21(15-20-16-32-33(18(20)2)23-13-11-22(28)12-14-23)26(34,27(29,30)31)17-35-25-10-6-8-19-7-4-5-9-24(19)25/h3,6,8,10-16,34H,1,4-5,7,9,17H2,2H3/b21-15+. The zero-order valence-corrected chi connectivity index (χ0v) is 19.3. The average Bonchev–Trinajstić information content (AvgIpc) is 3.20. The van der Waals surface area contributed by atoms with Crippen molar-refractivity contribution in [3.05, 3.63) is 95.1 Å². The van der Waals surface area contributed by atoms with Crippen LogP contribution in [0, 0.1) is 12.7 Å². The van der Waals surface area contributed by atoms with E-state index in [2.05, 4.69) is 11.7 Å². The van der Waals surface area contributed by atoms with Crippen LogP contribution in [0.4, 0.5) is 17.6 Å². The quantitative estimate of drug-likeness (QED) is 0.322. The van der Waals surface area contributed by atoms with E-state index in [9.17, 15) is 22.7 Å². The number of fused-ring (bicyclic) bond motifs is 1. The molecule has 184 valence electrons. The Morgan fingerprint density at radius 3 is 2.54 bits per heavy atom. The van der Waals surface area contributed by atoms with Gasteiger partial charge in [0, 0.05) is 11.3 Å². The highest BCUT2D eigenvalue weighted by molar-refractivity contribution is 5.61. The molecule has 1 unspecified atom stereocenters. The van der Waals surface area contributed by atoms with Crippen LogP contribution in [0.5, 0.6) is 5.75 Å². The summed E-state index contributed by atoms with van der Waals surface area (Å²) in [4.78, 5) is 0. The Morgan fingerprint density at radius 2 is 1.86 bits per heavy atom. The number of aromatic nitrogens is 2. The van der Waals surface area contributed by atoms with Crippen LogP contribution >= 0.6 is 0 Å². The van der Waals surface area contributed by atoms with Gasteiger partial charge in [0.15, 0.2) is 0 Å². The van der Waals surface area contributed by atoms with Crippen molar-refractivity contribution in [3.63, 3.8) is 0 Å². The van der Waals surface area contributed by atoms with Gasteiger partial charge >= 0.3 is 6.18 Å². The molecule has 0 radical (unpaired) electrons. The van der Waals surface area contributed by atoms with Gasteiger partial charge in [-0.1, -0.05) is 24.8 Å². The SMILES string of the molecule is C=C/C(=C\c1cnn(-c2ccc(F)cc2)c1C)C(O)(COc1cccc2c1CCCC2)C(F)(F)F. The summed E-state index contributed by atoms with van der Waals surface area (Å²) in [7, 11) is 0. The Labute approximate surface area is 201 Å². The Balaban J connectivity index is 1.67. The van der Waals surface area contributed by atoms with Gasteiger partial charge < -0.3 is 9.84 Å². The number of halogens is 4. The van der Waals surface area contributed by atoms with E-state index in [1.807, 2.05) is 6.07 Å². The summed E-state index contributed by atoms with van der Waals surface area (Å²) in [5.74, 6) is -0.0591. The maximum Gasteiger partial charge on any atom is 0.424 e. The van der Waals surface area contributed by atoms with Crippen LogP contribution in [0.15, 0.2) is 66.9 Å². The van der Waals surface area contributed by atoms with Gasteiger partial charge in [0.2, 0.25) is 5.60 Å². The normalized spacial score (nSPS) is 15.9. The molecule has 0 saturated heterocycles. The first-order valence-corrected chi connectivity index (χ1v) is 11.3. The van der Waals surface area contributed by atoms with E-state index in [4.69, 9.17) is 4.74 Å². The maximum absolute atomic E-state index is 14.2. The molecule has 2 aromatic carbocycles. The molecule has 0 fully saturated rings. The summed E-state index contributed by atoms with van der Waals surface area (Å²) in [5.41, 5.74) is -0.390. The first-order chi connectivity index (χ1) is 16.6. The Bertz CT molecular complexity index is 1250. The topological polar surface area (TPSA) is 47.3 Å². The van der Waals surface area contributed by atoms with Crippen molar-refractivity contribution in [2.75, 3.05) is 6.61 Å². The largest absolute Gasteiger partial charge is 0.490 e. The van der Waals surface area contributed by atoms with Gasteiger partial charge in [0.1, 0.15) is 18.2 Å². The minimum atomic E-state index is -5.03. The monoisotopic (exact) mass is 486 g/mol. The fraction of sp³-hybridized carbons (Fsp3) is 0.296. The highest BCUT2D eigenvalue weighted by Gasteiger charge is 2.56. The lowest BCUT2D eigenvalue weighted by Crippen LogP contribution is -2.51. The van der Waals surface area contributed by atoms with E-state index in [0.717, 1.165) is 42.9 Å². The smallest absolute Gasteiger partial charge is 0.424 e. The van der Waals surface area contributed by atoms with Crippen LogP contribution in [-0.4, -0.2) is 33.3 Å². The highest BCUT2D eigenvalue weighted by atomic mass is 19.4. The van der Waals surface area contributed by atoms with Gasteiger partial charge in [-0.05, 0) is 85.7 Å². The third-order valence-corrected chi connectivity index (χ3v) is 6.39. The second kappa shape index (κ2) is 9.70. The number of aliphatic hydroxyl groups is 1. The molecule has 1 atom stereocenters. The fourth-order valence-corrected chi connectivity index (χ4v) is 4.31. The molecule has 1 heterocycles. The molecule has 8 heteroatoms. The van der Waals surface area contributed by atoms with Crippen LogP contribution in [0.25, 0.3) is 11.8 Å². The summed E-state index contributed by atoms with van der Waals surface area (Å²) in [6.45, 7) is 4.16. The lowest BCUT2D eigenvalue weighted by Gasteiger charge is -2.32. The first kappa shape index (κ1) is 24.7. The minimum absolute atomic E-state index is 0.351. The molecule has 35 heavy (non-hydrogen) atoms. The van der Waals surface area contributed by atoms with Gasteiger partial charge in [-0.3, -0.25) is 0 Å². The highest BCUT2D eigenvalue weighted by Crippen LogP contribution is 2.39. The Hall–Kier alpha value is -3.39. The molecular weight excluding hydrogens is 460 g/mol. The molecule has 0 aliphatic heterocycles. The van der Waals surface area contributed by atoms with Gasteiger partial charge in [-0.25, -0.2) is 9.07 Å². The maximum atomic E-state index is 14.2. The number of aryl methyl sites for hydroxylation is 1. The molecule has 1 N–H and O–H groups in total. The van der Waals surface area contributed by atoms with E-state index < -0.39 is 29.8 Å². The third-order valence-electron chi connectivity index (χ3n) is 6.39. The van der Waals surface area contributed by atoms with Crippen molar-refractivity contribution < 1.29 is 27.4 Å². The summed E-state index contributed by atoms with van der Waals surface area (Å²) in [5, 5.41) is 15.1. The molecule has 0 spiro atoms. The zero-order valence-electron chi connectivity index (χ0n) is 19.3. The zero-order chi connectivity index (χ0) is 25.2. The number of rotatable bonds is 7. The summed E-state index contributed by atoms with van der Waals surface area (Å²) >= 11 is 0. The number of benzene rings is 2. The molecule has 1 aliphatic carbocycles. The van der Waals surface area contributed by atoms with Crippen molar-refractivity contribution >= 4 is 6.08 Å². The van der Waals surface area contributed by atoms with Crippen molar-refractivity contribution in [1.29, 1.82) is 0 Å². The van der Waals surface area contributed by atoms with Gasteiger partial charge in [0.05, 0.1) is 11.9 Å². The number of nitrogens with zero attached hydrogens (tertiary/aromatic N) is 2. The van der Waals surface area contributed by atoms with Crippen LogP contribution in [-0.2, 0) is 12.8 Å². The molecule has 1 aromatic heterocycles. The molecule has 0 amide bonds. The van der Waals surface area contributed by atoms with E-state index in [1.54, 1.807) is 19.1 Å². The van der Waals surface area contributed by atoms with Crippen molar-refractivity contribution in [2.24, 2.45) is 0 Å². The molecule has 4 nitrogen and oxygen atoms in total. The second-order valence-corrected chi connectivity index (χ2v) is 8.62. The van der Waals surface area contributed by atoms with Gasteiger partial charge in [-0.15, -0.1) is 0 Å². The Kier molecular flexibility index (Phi) is 6.85. The number of ether oxygens (including phenoxy) is 1. The predicted molar refractivity (Wildman–Crippen MR) is 126 cm³/mol. The molecule has 0 bridgehead atoms. The number of hydrogen-bond acceptors (Lipinski definition) is 3. The molecule has 4 rings (SSSR count). The van der Waals surface area contributed by atoms with Crippen molar-refractivity contribution in [3.8, 4) is 11.4 Å². The Morgan fingerprint density at radius 1 is 1.14 bits per heavy atom. The van der Waals surface area contributed by atoms with Gasteiger partial charge in [-0.2, -0.15) is 18.3 Å². The molecular formula is C27H26F4N2O2. The lowest BCUT2D eigenvalue weighted by molar-refractivity contribution is -0.250. The second-order valence-electron chi connectivity index (χ2n) is 8.62. The lowest BCUT2D eigenvalue weighted by atomic mass is 9.90. The fourth-order valence-electron chi connectivity index (χ4n) is 4.31. The predicted octanol–water partition coefficient (Wildman–Crippen LogP) is 6.14. The summed E-state index contributed by atoms with van der Waals surface area (Å²) in [6, 6.07) is 10.9. The van der Waals surface area contributed by atoms with Gasteiger partial charge in [0.25, 0.3) is 0 Å². The van der Waals surface area contributed by atoms with E-state index >= 15 is 0 Å². The first-order valence-electron chi connectivity index (χ1n) is 11.3. The third kappa shape index (κ3) is 4.89. The van der Waals surface area contributed by atoms with E-state index in [0.29, 0.717) is 22.7 Å². The van der Waals surface area contributed by atoms with Crippen LogP contribution in [0.2, 0.25) is 0 Å². The minimum Gasteiger partial charge on any atom is -0.490 e. The molecule has 1 aliphatic rings. The van der Waals surface area contributed by atoms with Crippen LogP contribution in [0.1, 0.15) is 35.2 Å². The van der Waals surface area contributed by atoms with Crippen molar-refractivity contribution in [1.82, 2.24) is 9.78 Å². The average molecular weight is 487 g/mol. The number of hydrogen-bond donors (Lipinski definition) is 1. The van der Waals surface area contributed by atoms with Crippen molar-refractivity contribution in [2.45, 2.75) is 44.4 Å².